The molecule has 100 valence electrons. The van der Waals surface area contributed by atoms with Gasteiger partial charge in [-0.3, -0.25) is 4.90 Å². The van der Waals surface area contributed by atoms with Gasteiger partial charge in [-0.25, -0.2) is 4.98 Å². The molecule has 19 heavy (non-hydrogen) atoms. The molecule has 0 atom stereocenters. The predicted octanol–water partition coefficient (Wildman–Crippen LogP) is 2.29. The summed E-state index contributed by atoms with van der Waals surface area (Å²) in [6.07, 6.45) is 2.63. The first-order valence-electron chi connectivity index (χ1n) is 6.83. The molecule has 0 spiro atoms. The molecule has 1 aromatic carbocycles. The van der Waals surface area contributed by atoms with Crippen LogP contribution in [-0.4, -0.2) is 36.1 Å². The molecule has 1 fully saturated rings. The number of benzene rings is 1. The van der Waals surface area contributed by atoms with Crippen molar-refractivity contribution in [3.8, 4) is 5.88 Å². The minimum atomic E-state index is 0.691. The summed E-state index contributed by atoms with van der Waals surface area (Å²) in [7, 11) is 0. The third kappa shape index (κ3) is 2.96. The summed E-state index contributed by atoms with van der Waals surface area (Å²) < 4.78 is 5.72. The average molecular weight is 257 g/mol. The van der Waals surface area contributed by atoms with E-state index in [1.54, 1.807) is 0 Å². The molecule has 2 aromatic rings. The highest BCUT2D eigenvalue weighted by molar-refractivity contribution is 5.82. The van der Waals surface area contributed by atoms with E-state index in [0.29, 0.717) is 12.5 Å². The lowest BCUT2D eigenvalue weighted by Crippen LogP contribution is -2.25. The Balaban J connectivity index is 1.62. The summed E-state index contributed by atoms with van der Waals surface area (Å²) in [6.45, 7) is 4.09. The molecule has 0 aliphatic carbocycles. The van der Waals surface area contributed by atoms with Gasteiger partial charge in [0.2, 0.25) is 5.88 Å². The molecule has 0 radical (unpaired) electrons. The van der Waals surface area contributed by atoms with E-state index in [0.717, 1.165) is 23.1 Å². The Bertz CT molecular complexity index is 564. The summed E-state index contributed by atoms with van der Waals surface area (Å²) >= 11 is 0. The molecule has 0 unspecified atom stereocenters. The van der Waals surface area contributed by atoms with Gasteiger partial charge in [-0.05, 0) is 50.2 Å². The van der Waals surface area contributed by atoms with Crippen LogP contribution in [0.15, 0.2) is 30.3 Å². The fourth-order valence-electron chi connectivity index (χ4n) is 2.49. The monoisotopic (exact) mass is 257 g/mol. The average Bonchev–Trinajstić information content (AvgIpc) is 2.92. The van der Waals surface area contributed by atoms with Crippen LogP contribution in [0, 0.1) is 0 Å². The molecule has 1 saturated heterocycles. The number of ether oxygens (including phenoxy) is 1. The second kappa shape index (κ2) is 5.45. The third-order valence-corrected chi connectivity index (χ3v) is 3.54. The van der Waals surface area contributed by atoms with E-state index >= 15 is 0 Å². The second-order valence-corrected chi connectivity index (χ2v) is 5.00. The van der Waals surface area contributed by atoms with Crippen LogP contribution < -0.4 is 10.5 Å². The summed E-state index contributed by atoms with van der Waals surface area (Å²) in [4.78, 5) is 6.92. The standard InChI is InChI=1S/C15H19N3O/c16-13-4-5-14-12(11-13)3-6-15(17-14)19-10-9-18-7-1-2-8-18/h3-6,11H,1-2,7-10,16H2. The summed E-state index contributed by atoms with van der Waals surface area (Å²) in [5.74, 6) is 0.691. The fraction of sp³-hybridized carbons (Fsp3) is 0.400. The second-order valence-electron chi connectivity index (χ2n) is 5.00. The number of hydrogen-bond donors (Lipinski definition) is 1. The zero-order chi connectivity index (χ0) is 13.1. The Kier molecular flexibility index (Phi) is 3.51. The van der Waals surface area contributed by atoms with E-state index < -0.39 is 0 Å². The Morgan fingerprint density at radius 1 is 1.16 bits per heavy atom. The highest BCUT2D eigenvalue weighted by Gasteiger charge is 2.10. The van der Waals surface area contributed by atoms with E-state index in [1.165, 1.54) is 25.9 Å². The first-order chi connectivity index (χ1) is 9.31. The van der Waals surface area contributed by atoms with Gasteiger partial charge in [-0.15, -0.1) is 0 Å². The number of fused-ring (bicyclic) bond motifs is 1. The van der Waals surface area contributed by atoms with Crippen molar-refractivity contribution in [1.29, 1.82) is 0 Å². The number of hydrogen-bond acceptors (Lipinski definition) is 4. The van der Waals surface area contributed by atoms with Gasteiger partial charge in [0.1, 0.15) is 6.61 Å². The molecule has 1 aromatic heterocycles. The van der Waals surface area contributed by atoms with Crippen molar-refractivity contribution in [3.63, 3.8) is 0 Å². The Morgan fingerprint density at radius 2 is 2.00 bits per heavy atom. The lowest BCUT2D eigenvalue weighted by Gasteiger charge is -2.14. The number of pyridine rings is 1. The minimum Gasteiger partial charge on any atom is -0.476 e. The van der Waals surface area contributed by atoms with Gasteiger partial charge >= 0.3 is 0 Å². The van der Waals surface area contributed by atoms with Crippen LogP contribution >= 0.6 is 0 Å². The maximum Gasteiger partial charge on any atom is 0.213 e. The molecule has 0 amide bonds. The first-order valence-corrected chi connectivity index (χ1v) is 6.83. The number of nitrogen functional groups attached to an aromatic ring is 1. The topological polar surface area (TPSA) is 51.4 Å². The summed E-state index contributed by atoms with van der Waals surface area (Å²) in [5.41, 5.74) is 7.43. The molecule has 3 rings (SSSR count). The maximum absolute atomic E-state index is 5.75. The van der Waals surface area contributed by atoms with Crippen LogP contribution in [0.4, 0.5) is 5.69 Å². The number of rotatable bonds is 4. The molecule has 1 aliphatic heterocycles. The molecule has 4 heteroatoms. The molecule has 2 heterocycles. The highest BCUT2D eigenvalue weighted by atomic mass is 16.5. The number of aromatic nitrogens is 1. The van der Waals surface area contributed by atoms with Gasteiger partial charge in [0, 0.05) is 23.7 Å². The van der Waals surface area contributed by atoms with Crippen molar-refractivity contribution >= 4 is 16.6 Å². The number of nitrogens with two attached hydrogens (primary N) is 1. The van der Waals surface area contributed by atoms with Crippen molar-refractivity contribution < 1.29 is 4.74 Å². The molecule has 0 saturated carbocycles. The van der Waals surface area contributed by atoms with E-state index in [1.807, 2.05) is 30.3 Å². The Labute approximate surface area is 113 Å². The van der Waals surface area contributed by atoms with Gasteiger partial charge in [-0.1, -0.05) is 0 Å². The van der Waals surface area contributed by atoms with Crippen LogP contribution in [0.3, 0.4) is 0 Å². The van der Waals surface area contributed by atoms with Crippen molar-refractivity contribution in [2.45, 2.75) is 12.8 Å². The van der Waals surface area contributed by atoms with Crippen molar-refractivity contribution in [1.82, 2.24) is 9.88 Å². The number of anilines is 1. The largest absolute Gasteiger partial charge is 0.476 e. The maximum atomic E-state index is 5.75. The van der Waals surface area contributed by atoms with Crippen LogP contribution in [0.25, 0.3) is 10.9 Å². The van der Waals surface area contributed by atoms with Gasteiger partial charge < -0.3 is 10.5 Å². The van der Waals surface area contributed by atoms with Crippen molar-refractivity contribution in [3.05, 3.63) is 30.3 Å². The van der Waals surface area contributed by atoms with E-state index in [2.05, 4.69) is 9.88 Å². The highest BCUT2D eigenvalue weighted by Crippen LogP contribution is 2.19. The van der Waals surface area contributed by atoms with E-state index in [4.69, 9.17) is 10.5 Å². The van der Waals surface area contributed by atoms with Crippen molar-refractivity contribution in [2.75, 3.05) is 32.0 Å². The normalized spacial score (nSPS) is 16.0. The quantitative estimate of drug-likeness (QED) is 0.854. The van der Waals surface area contributed by atoms with E-state index in [-0.39, 0.29) is 0 Å². The Hall–Kier alpha value is -1.81. The van der Waals surface area contributed by atoms with Crippen LogP contribution in [0.5, 0.6) is 5.88 Å². The molecule has 1 aliphatic rings. The minimum absolute atomic E-state index is 0.691. The molecule has 2 N–H and O–H groups in total. The van der Waals surface area contributed by atoms with Gasteiger partial charge in [0.15, 0.2) is 0 Å². The number of nitrogens with zero attached hydrogens (tertiary/aromatic N) is 2. The molecular formula is C15H19N3O. The van der Waals surface area contributed by atoms with Gasteiger partial charge in [0.25, 0.3) is 0 Å². The third-order valence-electron chi connectivity index (χ3n) is 3.54. The lowest BCUT2D eigenvalue weighted by atomic mass is 10.2. The molecule has 4 nitrogen and oxygen atoms in total. The van der Waals surface area contributed by atoms with Crippen molar-refractivity contribution in [2.24, 2.45) is 0 Å². The van der Waals surface area contributed by atoms with E-state index in [9.17, 15) is 0 Å². The summed E-state index contributed by atoms with van der Waals surface area (Å²) in [6, 6.07) is 9.63. The zero-order valence-electron chi connectivity index (χ0n) is 11.0. The summed E-state index contributed by atoms with van der Waals surface area (Å²) in [5, 5.41) is 1.05. The molecule has 0 bridgehead atoms. The van der Waals surface area contributed by atoms with Gasteiger partial charge in [0.05, 0.1) is 5.52 Å². The first kappa shape index (κ1) is 12.2. The Morgan fingerprint density at radius 3 is 2.84 bits per heavy atom. The lowest BCUT2D eigenvalue weighted by molar-refractivity contribution is 0.232. The van der Waals surface area contributed by atoms with Gasteiger partial charge in [-0.2, -0.15) is 0 Å². The smallest absolute Gasteiger partial charge is 0.213 e. The SMILES string of the molecule is Nc1ccc2nc(OCCN3CCCC3)ccc2c1. The molecular weight excluding hydrogens is 238 g/mol. The van der Waals surface area contributed by atoms with Crippen LogP contribution in [-0.2, 0) is 0 Å². The zero-order valence-corrected chi connectivity index (χ0v) is 11.0. The van der Waals surface area contributed by atoms with Crippen LogP contribution in [0.1, 0.15) is 12.8 Å². The fourth-order valence-corrected chi connectivity index (χ4v) is 2.49. The predicted molar refractivity (Wildman–Crippen MR) is 77.3 cm³/mol. The number of likely N-dealkylation sites (tertiary alicyclic amines) is 1. The van der Waals surface area contributed by atoms with Crippen LogP contribution in [0.2, 0.25) is 0 Å².